The maximum atomic E-state index is 6.34. The second-order valence-electron chi connectivity index (χ2n) is 6.18. The molecule has 5 heteroatoms. The Morgan fingerprint density at radius 1 is 1.08 bits per heavy atom. The van der Waals surface area contributed by atoms with Crippen LogP contribution in [0.3, 0.4) is 0 Å². The number of hydrazone groups is 1. The predicted molar refractivity (Wildman–Crippen MR) is 104 cm³/mol. The minimum atomic E-state index is -0.167. The zero-order valence-electron chi connectivity index (χ0n) is 13.3. The van der Waals surface area contributed by atoms with Crippen molar-refractivity contribution in [2.75, 3.05) is 0 Å². The minimum absolute atomic E-state index is 0.167. The Morgan fingerprint density at radius 3 is 2.76 bits per heavy atom. The third kappa shape index (κ3) is 2.58. The van der Waals surface area contributed by atoms with Gasteiger partial charge in [-0.1, -0.05) is 52.3 Å². The van der Waals surface area contributed by atoms with Gasteiger partial charge in [-0.2, -0.15) is 5.10 Å². The number of halogens is 1. The number of hydrogen-bond acceptors (Lipinski definition) is 4. The van der Waals surface area contributed by atoms with Crippen molar-refractivity contribution in [3.8, 4) is 5.75 Å². The molecule has 2 atom stereocenters. The SMILES string of the molecule is Brc1ccc2c(c1)[C@H]1CC(c3ccccc3)=NN1[C@H](c1cccs1)O2. The Hall–Kier alpha value is -2.11. The van der Waals surface area contributed by atoms with Crippen molar-refractivity contribution in [3.05, 3.63) is 86.5 Å². The molecule has 2 aromatic carbocycles. The van der Waals surface area contributed by atoms with Gasteiger partial charge in [0.05, 0.1) is 16.6 Å². The van der Waals surface area contributed by atoms with Crippen LogP contribution in [0.5, 0.6) is 5.75 Å². The molecule has 5 rings (SSSR count). The number of benzene rings is 2. The van der Waals surface area contributed by atoms with Gasteiger partial charge in [-0.3, -0.25) is 0 Å². The van der Waals surface area contributed by atoms with E-state index in [1.54, 1.807) is 11.3 Å². The van der Waals surface area contributed by atoms with Crippen molar-refractivity contribution in [3.63, 3.8) is 0 Å². The van der Waals surface area contributed by atoms with Crippen LogP contribution in [0.2, 0.25) is 0 Å². The number of ether oxygens (including phenoxy) is 1. The largest absolute Gasteiger partial charge is 0.464 e. The maximum Gasteiger partial charge on any atom is 0.222 e. The Bertz CT molecular complexity index is 940. The van der Waals surface area contributed by atoms with Gasteiger partial charge in [0.1, 0.15) is 5.75 Å². The quantitative estimate of drug-likeness (QED) is 0.536. The molecule has 25 heavy (non-hydrogen) atoms. The highest BCUT2D eigenvalue weighted by atomic mass is 79.9. The lowest BCUT2D eigenvalue weighted by molar-refractivity contribution is -0.0166. The summed E-state index contributed by atoms with van der Waals surface area (Å²) >= 11 is 5.30. The molecular weight excluding hydrogens is 396 g/mol. The van der Waals surface area contributed by atoms with E-state index in [1.807, 2.05) is 12.1 Å². The molecule has 3 heterocycles. The van der Waals surface area contributed by atoms with E-state index in [2.05, 4.69) is 74.8 Å². The van der Waals surface area contributed by atoms with Crippen LogP contribution in [0, 0.1) is 0 Å². The molecule has 0 amide bonds. The molecule has 124 valence electrons. The fourth-order valence-corrected chi connectivity index (χ4v) is 4.61. The number of fused-ring (bicyclic) bond motifs is 3. The topological polar surface area (TPSA) is 24.8 Å². The summed E-state index contributed by atoms with van der Waals surface area (Å²) in [5, 5.41) is 9.18. The van der Waals surface area contributed by atoms with Crippen LogP contribution in [-0.4, -0.2) is 10.7 Å². The van der Waals surface area contributed by atoms with Gasteiger partial charge < -0.3 is 4.74 Å². The Balaban J connectivity index is 1.61. The molecule has 3 nitrogen and oxygen atoms in total. The van der Waals surface area contributed by atoms with Crippen LogP contribution in [0.1, 0.15) is 34.7 Å². The van der Waals surface area contributed by atoms with Crippen LogP contribution in [0.15, 0.2) is 75.6 Å². The molecule has 1 aromatic heterocycles. The summed E-state index contributed by atoms with van der Waals surface area (Å²) in [7, 11) is 0. The first-order valence-corrected chi connectivity index (χ1v) is 9.87. The minimum Gasteiger partial charge on any atom is -0.464 e. The third-order valence-electron chi connectivity index (χ3n) is 4.65. The van der Waals surface area contributed by atoms with Gasteiger partial charge in [0, 0.05) is 16.5 Å². The molecule has 0 fully saturated rings. The summed E-state index contributed by atoms with van der Waals surface area (Å²) in [4.78, 5) is 1.18. The summed E-state index contributed by atoms with van der Waals surface area (Å²) in [6.45, 7) is 0. The lowest BCUT2D eigenvalue weighted by Gasteiger charge is -2.37. The molecule has 3 aromatic rings. The van der Waals surface area contributed by atoms with E-state index < -0.39 is 0 Å². The van der Waals surface area contributed by atoms with E-state index in [1.165, 1.54) is 16.0 Å². The number of rotatable bonds is 2. The lowest BCUT2D eigenvalue weighted by atomic mass is 9.96. The number of nitrogens with zero attached hydrogens (tertiary/aromatic N) is 2. The molecular formula is C20H15BrN2OS. The molecule has 0 saturated carbocycles. The molecule has 0 N–H and O–H groups in total. The molecule has 0 bridgehead atoms. The normalized spacial score (nSPS) is 21.3. The standard InChI is InChI=1S/C20H15BrN2OS/c21-14-8-9-18-15(11-14)17-12-16(13-5-2-1-3-6-13)22-23(17)20(24-18)19-7-4-10-25-19/h1-11,17,20H,12H2/t17-,20+/m1/s1. The summed E-state index contributed by atoms with van der Waals surface area (Å²) in [5.41, 5.74) is 3.49. The maximum absolute atomic E-state index is 6.34. The van der Waals surface area contributed by atoms with Crippen molar-refractivity contribution in [1.29, 1.82) is 0 Å². The van der Waals surface area contributed by atoms with Crippen LogP contribution < -0.4 is 4.74 Å². The van der Waals surface area contributed by atoms with Gasteiger partial charge in [0.2, 0.25) is 6.23 Å². The Kier molecular flexibility index (Phi) is 3.64. The molecule has 0 aliphatic carbocycles. The van der Waals surface area contributed by atoms with Gasteiger partial charge in [-0.15, -0.1) is 11.3 Å². The first kappa shape index (κ1) is 15.2. The monoisotopic (exact) mass is 410 g/mol. The molecule has 0 saturated heterocycles. The summed E-state index contributed by atoms with van der Waals surface area (Å²) in [6, 6.07) is 21.0. The first-order valence-electron chi connectivity index (χ1n) is 8.20. The number of thiophene rings is 1. The zero-order valence-corrected chi connectivity index (χ0v) is 15.7. The molecule has 0 unspecified atom stereocenters. The van der Waals surface area contributed by atoms with E-state index in [0.717, 1.165) is 22.4 Å². The van der Waals surface area contributed by atoms with Crippen molar-refractivity contribution < 1.29 is 4.74 Å². The van der Waals surface area contributed by atoms with Crippen molar-refractivity contribution in [2.24, 2.45) is 5.10 Å². The number of hydrogen-bond donors (Lipinski definition) is 0. The Morgan fingerprint density at radius 2 is 1.96 bits per heavy atom. The highest BCUT2D eigenvalue weighted by Crippen LogP contribution is 2.48. The first-order chi connectivity index (χ1) is 12.3. The van der Waals surface area contributed by atoms with Crippen molar-refractivity contribution in [2.45, 2.75) is 18.7 Å². The highest BCUT2D eigenvalue weighted by molar-refractivity contribution is 9.10. The average Bonchev–Trinajstić information content (AvgIpc) is 3.32. The van der Waals surface area contributed by atoms with Crippen molar-refractivity contribution in [1.82, 2.24) is 5.01 Å². The van der Waals surface area contributed by atoms with Gasteiger partial charge in [-0.25, -0.2) is 5.01 Å². The molecule has 2 aliphatic rings. The smallest absolute Gasteiger partial charge is 0.222 e. The summed E-state index contributed by atoms with van der Waals surface area (Å²) in [6.07, 6.45) is 0.721. The zero-order chi connectivity index (χ0) is 16.8. The Labute approximate surface area is 158 Å². The highest BCUT2D eigenvalue weighted by Gasteiger charge is 2.41. The van der Waals surface area contributed by atoms with Crippen LogP contribution >= 0.6 is 27.3 Å². The average molecular weight is 411 g/mol. The van der Waals surface area contributed by atoms with E-state index in [0.29, 0.717) is 0 Å². The van der Waals surface area contributed by atoms with E-state index in [4.69, 9.17) is 9.84 Å². The predicted octanol–water partition coefficient (Wildman–Crippen LogP) is 5.75. The van der Waals surface area contributed by atoms with Gasteiger partial charge in [0.15, 0.2) is 0 Å². The van der Waals surface area contributed by atoms with Gasteiger partial charge >= 0.3 is 0 Å². The molecule has 0 spiro atoms. The van der Waals surface area contributed by atoms with Crippen molar-refractivity contribution >= 4 is 33.0 Å². The van der Waals surface area contributed by atoms with Gasteiger partial charge in [-0.05, 0) is 35.2 Å². The molecule has 0 radical (unpaired) electrons. The molecule has 2 aliphatic heterocycles. The van der Waals surface area contributed by atoms with E-state index in [9.17, 15) is 0 Å². The van der Waals surface area contributed by atoms with Crippen LogP contribution in [-0.2, 0) is 0 Å². The van der Waals surface area contributed by atoms with Gasteiger partial charge in [0.25, 0.3) is 0 Å². The summed E-state index contributed by atoms with van der Waals surface area (Å²) < 4.78 is 7.41. The van der Waals surface area contributed by atoms with Crippen LogP contribution in [0.25, 0.3) is 0 Å². The second-order valence-corrected chi connectivity index (χ2v) is 8.08. The van der Waals surface area contributed by atoms with Crippen LogP contribution in [0.4, 0.5) is 0 Å². The third-order valence-corrected chi connectivity index (χ3v) is 6.04. The fraction of sp³-hybridized carbons (Fsp3) is 0.150. The van der Waals surface area contributed by atoms with E-state index in [-0.39, 0.29) is 12.3 Å². The lowest BCUT2D eigenvalue weighted by Crippen LogP contribution is -2.33. The second kappa shape index (κ2) is 6.00. The summed E-state index contributed by atoms with van der Waals surface area (Å²) in [5.74, 6) is 0.951. The fourth-order valence-electron chi connectivity index (χ4n) is 3.48. The van der Waals surface area contributed by atoms with E-state index >= 15 is 0 Å².